The standard InChI is InChI=1S/C11H19N3O2.ClH/c15-10-2-3-11(16)14(10)9-8-13-6-1-4-12-5-7-13;/h12H,1-9H2;1H. The molecule has 0 aromatic carbocycles. The third kappa shape index (κ3) is 3.94. The minimum absolute atomic E-state index is 0. The van der Waals surface area contributed by atoms with Crippen LogP contribution < -0.4 is 5.32 Å². The molecule has 2 heterocycles. The predicted molar refractivity (Wildman–Crippen MR) is 67.1 cm³/mol. The van der Waals surface area contributed by atoms with Gasteiger partial charge in [-0.2, -0.15) is 0 Å². The summed E-state index contributed by atoms with van der Waals surface area (Å²) in [4.78, 5) is 26.5. The Balaban J connectivity index is 0.00000144. The molecule has 2 rings (SSSR count). The summed E-state index contributed by atoms with van der Waals surface area (Å²) in [7, 11) is 0. The number of carbonyl (C=O) groups is 2. The zero-order valence-corrected chi connectivity index (χ0v) is 10.8. The highest BCUT2D eigenvalue weighted by Crippen LogP contribution is 2.11. The maximum absolute atomic E-state index is 11.4. The molecule has 0 atom stereocenters. The molecule has 0 aliphatic carbocycles. The highest BCUT2D eigenvalue weighted by molar-refractivity contribution is 6.01. The molecule has 2 amide bonds. The molecule has 0 spiro atoms. The average Bonchev–Trinajstić information content (AvgIpc) is 2.51. The SMILES string of the molecule is Cl.O=C1CCC(=O)N1CCN1CCCNCC1. The summed E-state index contributed by atoms with van der Waals surface area (Å²) < 4.78 is 0. The maximum atomic E-state index is 11.4. The van der Waals surface area contributed by atoms with Gasteiger partial charge in [0.25, 0.3) is 0 Å². The normalized spacial score (nSPS) is 22.5. The Morgan fingerprint density at radius 1 is 1.00 bits per heavy atom. The molecule has 2 saturated heterocycles. The van der Waals surface area contributed by atoms with Gasteiger partial charge in [-0.1, -0.05) is 0 Å². The summed E-state index contributed by atoms with van der Waals surface area (Å²) in [5, 5.41) is 3.33. The molecule has 98 valence electrons. The topological polar surface area (TPSA) is 52.7 Å². The van der Waals surface area contributed by atoms with Crippen LogP contribution in [0.5, 0.6) is 0 Å². The predicted octanol–water partition coefficient (Wildman–Crippen LogP) is -0.147. The number of hydrogen-bond acceptors (Lipinski definition) is 4. The molecule has 0 aromatic heterocycles. The van der Waals surface area contributed by atoms with E-state index in [9.17, 15) is 9.59 Å². The van der Waals surface area contributed by atoms with E-state index < -0.39 is 0 Å². The van der Waals surface area contributed by atoms with E-state index >= 15 is 0 Å². The molecule has 0 radical (unpaired) electrons. The molecular weight excluding hydrogens is 242 g/mol. The Morgan fingerprint density at radius 2 is 1.71 bits per heavy atom. The summed E-state index contributed by atoms with van der Waals surface area (Å²) in [5.74, 6) is -0.00380. The van der Waals surface area contributed by atoms with Gasteiger partial charge in [-0.15, -0.1) is 12.4 Å². The molecule has 2 fully saturated rings. The Morgan fingerprint density at radius 3 is 2.41 bits per heavy atom. The van der Waals surface area contributed by atoms with E-state index in [2.05, 4.69) is 10.2 Å². The second kappa shape index (κ2) is 6.93. The van der Waals surface area contributed by atoms with Crippen LogP contribution in [0, 0.1) is 0 Å². The van der Waals surface area contributed by atoms with Crippen LogP contribution in [0.4, 0.5) is 0 Å². The van der Waals surface area contributed by atoms with Gasteiger partial charge in [-0.25, -0.2) is 0 Å². The van der Waals surface area contributed by atoms with Crippen molar-refractivity contribution in [2.75, 3.05) is 39.3 Å². The largest absolute Gasteiger partial charge is 0.315 e. The lowest BCUT2D eigenvalue weighted by molar-refractivity contribution is -0.138. The first kappa shape index (κ1) is 14.4. The summed E-state index contributed by atoms with van der Waals surface area (Å²) in [6.07, 6.45) is 1.95. The first-order valence-electron chi connectivity index (χ1n) is 6.03. The van der Waals surface area contributed by atoms with Crippen molar-refractivity contribution in [3.63, 3.8) is 0 Å². The number of halogens is 1. The van der Waals surface area contributed by atoms with E-state index in [1.807, 2.05) is 0 Å². The van der Waals surface area contributed by atoms with Crippen molar-refractivity contribution in [1.29, 1.82) is 0 Å². The van der Waals surface area contributed by atoms with Crippen LogP contribution in [-0.4, -0.2) is 60.9 Å². The molecule has 0 bridgehead atoms. The molecule has 5 nitrogen and oxygen atoms in total. The fourth-order valence-electron chi connectivity index (χ4n) is 2.24. The number of nitrogens with zero attached hydrogens (tertiary/aromatic N) is 2. The van der Waals surface area contributed by atoms with Crippen molar-refractivity contribution < 1.29 is 9.59 Å². The van der Waals surface area contributed by atoms with Gasteiger partial charge in [0.1, 0.15) is 0 Å². The van der Waals surface area contributed by atoms with E-state index in [-0.39, 0.29) is 24.2 Å². The van der Waals surface area contributed by atoms with E-state index in [0.29, 0.717) is 19.4 Å². The summed E-state index contributed by atoms with van der Waals surface area (Å²) in [5.41, 5.74) is 0. The smallest absolute Gasteiger partial charge is 0.229 e. The molecular formula is C11H20ClN3O2. The molecule has 0 saturated carbocycles. The van der Waals surface area contributed by atoms with Crippen molar-refractivity contribution >= 4 is 24.2 Å². The van der Waals surface area contributed by atoms with E-state index in [0.717, 1.165) is 39.1 Å². The van der Waals surface area contributed by atoms with Crippen molar-refractivity contribution in [2.24, 2.45) is 0 Å². The number of amides is 2. The molecule has 0 unspecified atom stereocenters. The highest BCUT2D eigenvalue weighted by atomic mass is 35.5. The third-order valence-electron chi connectivity index (χ3n) is 3.23. The zero-order valence-electron chi connectivity index (χ0n) is 9.98. The lowest BCUT2D eigenvalue weighted by Gasteiger charge is -2.22. The van der Waals surface area contributed by atoms with Crippen LogP contribution in [0.3, 0.4) is 0 Å². The zero-order chi connectivity index (χ0) is 11.4. The number of nitrogens with one attached hydrogen (secondary N) is 1. The van der Waals surface area contributed by atoms with Crippen LogP contribution in [0.15, 0.2) is 0 Å². The van der Waals surface area contributed by atoms with Crippen LogP contribution in [0.1, 0.15) is 19.3 Å². The molecule has 6 heteroatoms. The summed E-state index contributed by atoms with van der Waals surface area (Å²) >= 11 is 0. The lowest BCUT2D eigenvalue weighted by Crippen LogP contribution is -2.39. The average molecular weight is 262 g/mol. The van der Waals surface area contributed by atoms with Crippen molar-refractivity contribution in [1.82, 2.24) is 15.1 Å². The number of imide groups is 1. The Kier molecular flexibility index (Phi) is 5.88. The second-order valence-corrected chi connectivity index (χ2v) is 4.38. The quantitative estimate of drug-likeness (QED) is 0.718. The van der Waals surface area contributed by atoms with E-state index in [1.165, 1.54) is 4.90 Å². The Hall–Kier alpha value is -0.650. The van der Waals surface area contributed by atoms with Gasteiger partial charge < -0.3 is 10.2 Å². The third-order valence-corrected chi connectivity index (χ3v) is 3.23. The van der Waals surface area contributed by atoms with Crippen molar-refractivity contribution in [3.8, 4) is 0 Å². The maximum Gasteiger partial charge on any atom is 0.229 e. The van der Waals surface area contributed by atoms with Crippen LogP contribution >= 0.6 is 12.4 Å². The lowest BCUT2D eigenvalue weighted by atomic mass is 10.4. The minimum atomic E-state index is -0.00190. The number of hydrogen-bond donors (Lipinski definition) is 1. The van der Waals surface area contributed by atoms with Gasteiger partial charge in [0.05, 0.1) is 0 Å². The van der Waals surface area contributed by atoms with E-state index in [4.69, 9.17) is 0 Å². The van der Waals surface area contributed by atoms with Gasteiger partial charge in [0.2, 0.25) is 11.8 Å². The minimum Gasteiger partial charge on any atom is -0.315 e. The highest BCUT2D eigenvalue weighted by Gasteiger charge is 2.28. The monoisotopic (exact) mass is 261 g/mol. The number of likely N-dealkylation sites (tertiary alicyclic amines) is 1. The van der Waals surface area contributed by atoms with Crippen molar-refractivity contribution in [3.05, 3.63) is 0 Å². The molecule has 0 aromatic rings. The number of rotatable bonds is 3. The van der Waals surface area contributed by atoms with Gasteiger partial charge in [-0.05, 0) is 19.5 Å². The van der Waals surface area contributed by atoms with Crippen LogP contribution in [0.25, 0.3) is 0 Å². The molecule has 1 N–H and O–H groups in total. The second-order valence-electron chi connectivity index (χ2n) is 4.38. The first-order chi connectivity index (χ1) is 7.77. The Bertz CT molecular complexity index is 262. The van der Waals surface area contributed by atoms with Gasteiger partial charge in [0, 0.05) is 39.0 Å². The molecule has 2 aliphatic heterocycles. The first-order valence-corrected chi connectivity index (χ1v) is 6.03. The molecule has 2 aliphatic rings. The van der Waals surface area contributed by atoms with Gasteiger partial charge >= 0.3 is 0 Å². The van der Waals surface area contributed by atoms with Crippen LogP contribution in [-0.2, 0) is 9.59 Å². The van der Waals surface area contributed by atoms with Gasteiger partial charge in [0.15, 0.2) is 0 Å². The van der Waals surface area contributed by atoms with Crippen molar-refractivity contribution in [2.45, 2.75) is 19.3 Å². The molecule has 17 heavy (non-hydrogen) atoms. The summed E-state index contributed by atoms with van der Waals surface area (Å²) in [6.45, 7) is 5.52. The Labute approximate surface area is 108 Å². The van der Waals surface area contributed by atoms with Gasteiger partial charge in [-0.3, -0.25) is 14.5 Å². The summed E-state index contributed by atoms with van der Waals surface area (Å²) in [6, 6.07) is 0. The van der Waals surface area contributed by atoms with Crippen LogP contribution in [0.2, 0.25) is 0 Å². The van der Waals surface area contributed by atoms with E-state index in [1.54, 1.807) is 0 Å². The fraction of sp³-hybridized carbons (Fsp3) is 0.818. The fourth-order valence-corrected chi connectivity index (χ4v) is 2.24. The number of carbonyl (C=O) groups excluding carboxylic acids is 2.